The smallest absolute Gasteiger partial charge is 0.244 e. The zero-order valence-electron chi connectivity index (χ0n) is 13.6. The van der Waals surface area contributed by atoms with E-state index in [-0.39, 0.29) is 18.3 Å². The molecule has 0 aliphatic heterocycles. The molecule has 126 valence electrons. The Morgan fingerprint density at radius 2 is 2.04 bits per heavy atom. The molecule has 0 saturated carbocycles. The summed E-state index contributed by atoms with van der Waals surface area (Å²) in [5.41, 5.74) is 5.94. The Morgan fingerprint density at radius 1 is 1.39 bits per heavy atom. The first-order chi connectivity index (χ1) is 10.4. The fourth-order valence-electron chi connectivity index (χ4n) is 2.07. The summed E-state index contributed by atoms with van der Waals surface area (Å²) in [6.45, 7) is 3.78. The topological polar surface area (TPSA) is 72.9 Å². The van der Waals surface area contributed by atoms with E-state index in [9.17, 15) is 4.79 Å². The number of benzene rings is 1. The minimum absolute atomic E-state index is 0. The summed E-state index contributed by atoms with van der Waals surface area (Å²) in [4.78, 5) is 17.5. The van der Waals surface area contributed by atoms with E-state index in [1.54, 1.807) is 24.9 Å². The quantitative estimate of drug-likeness (QED) is 0.833. The van der Waals surface area contributed by atoms with Gasteiger partial charge in [0.25, 0.3) is 0 Å². The van der Waals surface area contributed by atoms with Crippen LogP contribution in [0, 0.1) is 0 Å². The van der Waals surface area contributed by atoms with Crippen molar-refractivity contribution in [2.45, 2.75) is 42.3 Å². The van der Waals surface area contributed by atoms with Gasteiger partial charge in [-0.1, -0.05) is 25.1 Å². The maximum absolute atomic E-state index is 12.2. The van der Waals surface area contributed by atoms with E-state index in [1.807, 2.05) is 49.0 Å². The maximum atomic E-state index is 12.2. The van der Waals surface area contributed by atoms with Gasteiger partial charge in [-0.05, 0) is 37.6 Å². The van der Waals surface area contributed by atoms with E-state index in [0.717, 1.165) is 22.2 Å². The molecular formula is C16H23ClN4OS. The van der Waals surface area contributed by atoms with Crippen LogP contribution in [0.1, 0.15) is 26.7 Å². The Morgan fingerprint density at radius 3 is 2.57 bits per heavy atom. The number of carbonyl (C=O) groups excluding carboxylic acids is 1. The highest BCUT2D eigenvalue weighted by Gasteiger charge is 2.27. The Balaban J connectivity index is 0.00000264. The van der Waals surface area contributed by atoms with Crippen molar-refractivity contribution < 1.29 is 4.79 Å². The molecule has 2 aromatic rings. The van der Waals surface area contributed by atoms with Crippen LogP contribution in [0.15, 0.2) is 46.7 Å². The minimum atomic E-state index is -0.838. The molecule has 0 aliphatic carbocycles. The van der Waals surface area contributed by atoms with Gasteiger partial charge in [-0.2, -0.15) is 0 Å². The van der Waals surface area contributed by atoms with Crippen LogP contribution in [0.4, 0.5) is 5.69 Å². The number of hydrogen-bond acceptors (Lipinski definition) is 4. The van der Waals surface area contributed by atoms with Crippen molar-refractivity contribution in [3.05, 3.63) is 36.7 Å². The number of nitrogens with zero attached hydrogens (tertiary/aromatic N) is 2. The van der Waals surface area contributed by atoms with Crippen LogP contribution in [0.25, 0.3) is 0 Å². The Labute approximate surface area is 147 Å². The molecule has 0 spiro atoms. The fraction of sp³-hybridized carbons (Fsp3) is 0.375. The number of aromatic nitrogens is 2. The van der Waals surface area contributed by atoms with Gasteiger partial charge in [0.15, 0.2) is 5.16 Å². The van der Waals surface area contributed by atoms with Crippen LogP contribution >= 0.6 is 24.2 Å². The second-order valence-electron chi connectivity index (χ2n) is 5.57. The number of hydrogen-bond donors (Lipinski definition) is 2. The number of imidazole rings is 1. The average molecular weight is 355 g/mol. The van der Waals surface area contributed by atoms with Crippen molar-refractivity contribution in [2.24, 2.45) is 12.8 Å². The number of nitrogens with one attached hydrogen (secondary N) is 1. The fourth-order valence-corrected chi connectivity index (χ4v) is 2.87. The van der Waals surface area contributed by atoms with Crippen molar-refractivity contribution in [3.63, 3.8) is 0 Å². The molecule has 1 heterocycles. The molecule has 1 unspecified atom stereocenters. The van der Waals surface area contributed by atoms with Crippen LogP contribution in [0.5, 0.6) is 0 Å². The first kappa shape index (κ1) is 19.5. The third kappa shape index (κ3) is 5.27. The van der Waals surface area contributed by atoms with Gasteiger partial charge in [0.05, 0.1) is 5.54 Å². The Hall–Kier alpha value is -1.50. The molecule has 0 bridgehead atoms. The molecule has 2 rings (SSSR count). The molecule has 0 aliphatic rings. The highest BCUT2D eigenvalue weighted by Crippen LogP contribution is 2.27. The number of anilines is 1. The van der Waals surface area contributed by atoms with Crippen molar-refractivity contribution in [3.8, 4) is 0 Å². The third-order valence-corrected chi connectivity index (χ3v) is 4.47. The lowest BCUT2D eigenvalue weighted by molar-refractivity contribution is -0.120. The number of aryl methyl sites for hydroxylation is 1. The van der Waals surface area contributed by atoms with E-state index in [0.29, 0.717) is 6.42 Å². The lowest BCUT2D eigenvalue weighted by Gasteiger charge is -2.22. The Kier molecular flexibility index (Phi) is 7.12. The van der Waals surface area contributed by atoms with Gasteiger partial charge in [-0.15, -0.1) is 12.4 Å². The molecule has 0 radical (unpaired) electrons. The zero-order valence-corrected chi connectivity index (χ0v) is 15.2. The number of carbonyl (C=O) groups is 1. The first-order valence-corrected chi connectivity index (χ1v) is 8.09. The summed E-state index contributed by atoms with van der Waals surface area (Å²) in [7, 11) is 1.96. The standard InChI is InChI=1S/C16H22N4OS.ClH/c1-4-9-16(2,17)14(21)19-12-5-7-13(8-6-12)22-15-18-10-11-20(15)3;/h5-8,10-11H,4,9,17H2,1-3H3,(H,19,21);1H. The highest BCUT2D eigenvalue weighted by molar-refractivity contribution is 7.99. The molecule has 1 amide bonds. The number of nitrogens with two attached hydrogens (primary N) is 1. The van der Waals surface area contributed by atoms with Crippen LogP contribution in [0.3, 0.4) is 0 Å². The summed E-state index contributed by atoms with van der Waals surface area (Å²) in [5.74, 6) is -0.154. The van der Waals surface area contributed by atoms with Crippen molar-refractivity contribution in [1.82, 2.24) is 9.55 Å². The van der Waals surface area contributed by atoms with E-state index < -0.39 is 5.54 Å². The molecule has 7 heteroatoms. The van der Waals surface area contributed by atoms with E-state index >= 15 is 0 Å². The van der Waals surface area contributed by atoms with E-state index in [4.69, 9.17) is 5.73 Å². The van der Waals surface area contributed by atoms with Gasteiger partial charge >= 0.3 is 0 Å². The normalized spacial score (nSPS) is 13.0. The van der Waals surface area contributed by atoms with Crippen molar-refractivity contribution >= 4 is 35.8 Å². The molecule has 0 fully saturated rings. The highest BCUT2D eigenvalue weighted by atomic mass is 35.5. The third-order valence-electron chi connectivity index (χ3n) is 3.39. The average Bonchev–Trinajstić information content (AvgIpc) is 2.86. The predicted octanol–water partition coefficient (Wildman–Crippen LogP) is 3.45. The number of halogens is 1. The van der Waals surface area contributed by atoms with Crippen LogP contribution in [-0.4, -0.2) is 21.0 Å². The van der Waals surface area contributed by atoms with Gasteiger partial charge in [-0.3, -0.25) is 4.79 Å². The second-order valence-corrected chi connectivity index (χ2v) is 6.61. The van der Waals surface area contributed by atoms with Gasteiger partial charge in [-0.25, -0.2) is 4.98 Å². The maximum Gasteiger partial charge on any atom is 0.244 e. The van der Waals surface area contributed by atoms with Crippen molar-refractivity contribution in [1.29, 1.82) is 0 Å². The molecule has 3 N–H and O–H groups in total. The van der Waals surface area contributed by atoms with Crippen molar-refractivity contribution in [2.75, 3.05) is 5.32 Å². The minimum Gasteiger partial charge on any atom is -0.329 e. The Bertz CT molecular complexity index is 640. The second kappa shape index (κ2) is 8.38. The van der Waals surface area contributed by atoms with Gasteiger partial charge in [0.2, 0.25) is 5.91 Å². The summed E-state index contributed by atoms with van der Waals surface area (Å²) < 4.78 is 1.96. The van der Waals surface area contributed by atoms with E-state index in [2.05, 4.69) is 10.3 Å². The van der Waals surface area contributed by atoms with Crippen LogP contribution in [-0.2, 0) is 11.8 Å². The monoisotopic (exact) mass is 354 g/mol. The largest absolute Gasteiger partial charge is 0.329 e. The van der Waals surface area contributed by atoms with Gasteiger partial charge in [0, 0.05) is 30.0 Å². The van der Waals surface area contributed by atoms with Gasteiger partial charge in [0.1, 0.15) is 0 Å². The zero-order chi connectivity index (χ0) is 16.2. The summed E-state index contributed by atoms with van der Waals surface area (Å²) in [5, 5.41) is 3.80. The summed E-state index contributed by atoms with van der Waals surface area (Å²) >= 11 is 1.58. The molecule has 1 aromatic heterocycles. The molecule has 1 atom stereocenters. The van der Waals surface area contributed by atoms with E-state index in [1.165, 1.54) is 0 Å². The summed E-state index contributed by atoms with van der Waals surface area (Å²) in [6.07, 6.45) is 5.21. The molecule has 5 nitrogen and oxygen atoms in total. The molecule has 1 aromatic carbocycles. The van der Waals surface area contributed by atoms with Crippen LogP contribution in [0.2, 0.25) is 0 Å². The van der Waals surface area contributed by atoms with Gasteiger partial charge < -0.3 is 15.6 Å². The molecular weight excluding hydrogens is 332 g/mol. The molecule has 0 saturated heterocycles. The predicted molar refractivity (Wildman–Crippen MR) is 97.2 cm³/mol. The number of rotatable bonds is 6. The first-order valence-electron chi connectivity index (χ1n) is 7.28. The molecule has 23 heavy (non-hydrogen) atoms. The summed E-state index contributed by atoms with van der Waals surface area (Å²) in [6, 6.07) is 7.68. The SMILES string of the molecule is CCCC(C)(N)C(=O)Nc1ccc(Sc2nccn2C)cc1.Cl. The lowest BCUT2D eigenvalue weighted by atomic mass is 9.96. The van der Waals surface area contributed by atoms with Crippen LogP contribution < -0.4 is 11.1 Å². The number of amides is 1. The lowest BCUT2D eigenvalue weighted by Crippen LogP contribution is -2.48.